The molecule has 1 aromatic rings. The fourth-order valence-corrected chi connectivity index (χ4v) is 3.52. The third kappa shape index (κ3) is 3.36. The summed E-state index contributed by atoms with van der Waals surface area (Å²) < 4.78 is 13.0. The van der Waals surface area contributed by atoms with E-state index in [4.69, 9.17) is 5.73 Å². The van der Waals surface area contributed by atoms with E-state index in [-0.39, 0.29) is 11.9 Å². The predicted molar refractivity (Wildman–Crippen MR) is 79.8 cm³/mol. The number of hydrogen-bond acceptors (Lipinski definition) is 3. The molecular formula is C16H26FN3. The Morgan fingerprint density at radius 2 is 2.15 bits per heavy atom. The van der Waals surface area contributed by atoms with Gasteiger partial charge in [0.05, 0.1) is 17.9 Å². The zero-order valence-corrected chi connectivity index (χ0v) is 12.6. The van der Waals surface area contributed by atoms with Crippen molar-refractivity contribution in [3.05, 3.63) is 29.8 Å². The zero-order valence-electron chi connectivity index (χ0n) is 12.6. The van der Waals surface area contributed by atoms with Gasteiger partial charge in [-0.05, 0) is 50.9 Å². The number of aromatic nitrogens is 1. The fraction of sp³-hybridized carbons (Fsp3) is 0.688. The molecule has 0 aromatic carbocycles. The third-order valence-electron chi connectivity index (χ3n) is 4.66. The minimum absolute atomic E-state index is 0.243. The van der Waals surface area contributed by atoms with Crippen LogP contribution in [0.4, 0.5) is 4.39 Å². The molecule has 3 atom stereocenters. The molecule has 4 heteroatoms. The van der Waals surface area contributed by atoms with E-state index in [0.717, 1.165) is 18.7 Å². The maximum Gasteiger partial charge on any atom is 0.141 e. The topological polar surface area (TPSA) is 42.2 Å². The number of rotatable bonds is 5. The molecular weight excluding hydrogens is 253 g/mol. The van der Waals surface area contributed by atoms with Crippen LogP contribution in [0.25, 0.3) is 0 Å². The fourth-order valence-electron chi connectivity index (χ4n) is 3.52. The summed E-state index contributed by atoms with van der Waals surface area (Å²) in [5.74, 6) is 0.298. The SMILES string of the molecule is CCC(c1ccc(F)cn1)N(C)C1CCCCC1CN. The van der Waals surface area contributed by atoms with E-state index < -0.39 is 0 Å². The van der Waals surface area contributed by atoms with Crippen molar-refractivity contribution < 1.29 is 4.39 Å². The molecule has 2 rings (SSSR count). The van der Waals surface area contributed by atoms with Crippen LogP contribution in [0.2, 0.25) is 0 Å². The van der Waals surface area contributed by atoms with Gasteiger partial charge in [0.15, 0.2) is 0 Å². The largest absolute Gasteiger partial charge is 0.330 e. The molecule has 3 nitrogen and oxygen atoms in total. The molecule has 0 aliphatic heterocycles. The van der Waals surface area contributed by atoms with E-state index in [2.05, 4.69) is 23.9 Å². The van der Waals surface area contributed by atoms with Crippen LogP contribution < -0.4 is 5.73 Å². The average molecular weight is 279 g/mol. The summed E-state index contributed by atoms with van der Waals surface area (Å²) in [6.45, 7) is 2.91. The highest BCUT2D eigenvalue weighted by Gasteiger charge is 2.31. The standard InChI is InChI=1S/C16H26FN3/c1-3-15(14-9-8-13(17)11-19-14)20(2)16-7-5-4-6-12(16)10-18/h8-9,11-12,15-16H,3-7,10,18H2,1-2H3. The molecule has 2 N–H and O–H groups in total. The van der Waals surface area contributed by atoms with Crippen LogP contribution in [-0.4, -0.2) is 29.5 Å². The quantitative estimate of drug-likeness (QED) is 0.900. The Balaban J connectivity index is 2.15. The molecule has 1 heterocycles. The van der Waals surface area contributed by atoms with Gasteiger partial charge >= 0.3 is 0 Å². The molecule has 0 amide bonds. The molecule has 1 aliphatic rings. The molecule has 112 valence electrons. The lowest BCUT2D eigenvalue weighted by Crippen LogP contribution is -2.44. The predicted octanol–water partition coefficient (Wildman–Crippen LogP) is 3.12. The maximum atomic E-state index is 13.0. The van der Waals surface area contributed by atoms with Crippen molar-refractivity contribution in [1.82, 2.24) is 9.88 Å². The average Bonchev–Trinajstić information content (AvgIpc) is 2.49. The second-order valence-corrected chi connectivity index (χ2v) is 5.84. The molecule has 1 fully saturated rings. The monoisotopic (exact) mass is 279 g/mol. The van der Waals surface area contributed by atoms with Gasteiger partial charge in [-0.1, -0.05) is 19.8 Å². The van der Waals surface area contributed by atoms with Crippen molar-refractivity contribution in [1.29, 1.82) is 0 Å². The second kappa shape index (κ2) is 7.14. The molecule has 0 radical (unpaired) electrons. The Labute approximate surface area is 121 Å². The van der Waals surface area contributed by atoms with E-state index in [9.17, 15) is 4.39 Å². The van der Waals surface area contributed by atoms with E-state index >= 15 is 0 Å². The Morgan fingerprint density at radius 1 is 1.40 bits per heavy atom. The molecule has 1 aliphatic carbocycles. The van der Waals surface area contributed by atoms with Crippen LogP contribution in [0.1, 0.15) is 50.8 Å². The lowest BCUT2D eigenvalue weighted by atomic mass is 9.83. The number of nitrogens with zero attached hydrogens (tertiary/aromatic N) is 2. The highest BCUT2D eigenvalue weighted by atomic mass is 19.1. The van der Waals surface area contributed by atoms with Gasteiger partial charge in [0, 0.05) is 6.04 Å². The molecule has 0 spiro atoms. The van der Waals surface area contributed by atoms with E-state index in [0.29, 0.717) is 12.0 Å². The van der Waals surface area contributed by atoms with Gasteiger partial charge in [-0.15, -0.1) is 0 Å². The van der Waals surface area contributed by atoms with Crippen molar-refractivity contribution in [2.45, 2.75) is 51.1 Å². The number of halogens is 1. The lowest BCUT2D eigenvalue weighted by molar-refractivity contribution is 0.0876. The van der Waals surface area contributed by atoms with Gasteiger partial charge in [-0.25, -0.2) is 4.39 Å². The minimum Gasteiger partial charge on any atom is -0.330 e. The zero-order chi connectivity index (χ0) is 14.5. The number of pyridine rings is 1. The summed E-state index contributed by atoms with van der Waals surface area (Å²) in [6.07, 6.45) is 7.28. The van der Waals surface area contributed by atoms with Crippen molar-refractivity contribution in [2.24, 2.45) is 11.7 Å². The van der Waals surface area contributed by atoms with Crippen LogP contribution in [0.15, 0.2) is 18.3 Å². The first-order valence-electron chi connectivity index (χ1n) is 7.70. The van der Waals surface area contributed by atoms with Crippen LogP contribution >= 0.6 is 0 Å². The maximum absolute atomic E-state index is 13.0. The van der Waals surface area contributed by atoms with Gasteiger partial charge in [0.2, 0.25) is 0 Å². The van der Waals surface area contributed by atoms with Gasteiger partial charge in [-0.3, -0.25) is 9.88 Å². The highest BCUT2D eigenvalue weighted by molar-refractivity contribution is 5.10. The minimum atomic E-state index is -0.274. The molecule has 0 bridgehead atoms. The summed E-state index contributed by atoms with van der Waals surface area (Å²) in [7, 11) is 2.16. The Bertz CT molecular complexity index is 407. The summed E-state index contributed by atoms with van der Waals surface area (Å²) in [5, 5.41) is 0. The summed E-state index contributed by atoms with van der Waals surface area (Å²) in [5.41, 5.74) is 6.90. The molecule has 3 unspecified atom stereocenters. The Kier molecular flexibility index (Phi) is 5.49. The smallest absolute Gasteiger partial charge is 0.141 e. The summed E-state index contributed by atoms with van der Waals surface area (Å²) in [4.78, 5) is 6.68. The number of nitrogens with two attached hydrogens (primary N) is 1. The first kappa shape index (κ1) is 15.4. The van der Waals surface area contributed by atoms with Crippen molar-refractivity contribution in [3.63, 3.8) is 0 Å². The van der Waals surface area contributed by atoms with E-state index in [1.165, 1.54) is 37.9 Å². The molecule has 20 heavy (non-hydrogen) atoms. The van der Waals surface area contributed by atoms with Gasteiger partial charge in [0.1, 0.15) is 5.82 Å². The summed E-state index contributed by atoms with van der Waals surface area (Å²) >= 11 is 0. The highest BCUT2D eigenvalue weighted by Crippen LogP contribution is 2.33. The first-order chi connectivity index (χ1) is 9.67. The van der Waals surface area contributed by atoms with Gasteiger partial charge in [0.25, 0.3) is 0 Å². The van der Waals surface area contributed by atoms with E-state index in [1.807, 2.05) is 0 Å². The normalized spacial score (nSPS) is 24.9. The molecule has 1 aromatic heterocycles. The van der Waals surface area contributed by atoms with Gasteiger partial charge in [-0.2, -0.15) is 0 Å². The van der Waals surface area contributed by atoms with Crippen LogP contribution in [-0.2, 0) is 0 Å². The molecule has 1 saturated carbocycles. The Morgan fingerprint density at radius 3 is 2.75 bits per heavy atom. The van der Waals surface area contributed by atoms with Crippen molar-refractivity contribution >= 4 is 0 Å². The second-order valence-electron chi connectivity index (χ2n) is 5.84. The van der Waals surface area contributed by atoms with Crippen LogP contribution in [0.3, 0.4) is 0 Å². The summed E-state index contributed by atoms with van der Waals surface area (Å²) in [6, 6.07) is 4.07. The van der Waals surface area contributed by atoms with E-state index in [1.54, 1.807) is 6.07 Å². The van der Waals surface area contributed by atoms with Crippen molar-refractivity contribution in [3.8, 4) is 0 Å². The number of hydrogen-bond donors (Lipinski definition) is 1. The third-order valence-corrected chi connectivity index (χ3v) is 4.66. The first-order valence-corrected chi connectivity index (χ1v) is 7.70. The lowest BCUT2D eigenvalue weighted by Gasteiger charge is -2.41. The Hall–Kier alpha value is -1.00. The molecule has 0 saturated heterocycles. The van der Waals surface area contributed by atoms with Crippen LogP contribution in [0, 0.1) is 11.7 Å². The van der Waals surface area contributed by atoms with Crippen LogP contribution in [0.5, 0.6) is 0 Å². The van der Waals surface area contributed by atoms with Crippen molar-refractivity contribution in [2.75, 3.05) is 13.6 Å². The van der Waals surface area contributed by atoms with Gasteiger partial charge < -0.3 is 5.73 Å².